The molecule has 0 fully saturated rings. The Bertz CT molecular complexity index is 553. The lowest BCUT2D eigenvalue weighted by atomic mass is 10.2. The summed E-state index contributed by atoms with van der Waals surface area (Å²) in [5, 5.41) is 0. The second-order valence-electron chi connectivity index (χ2n) is 3.95. The van der Waals surface area contributed by atoms with Gasteiger partial charge in [-0.25, -0.2) is 0 Å². The summed E-state index contributed by atoms with van der Waals surface area (Å²) in [5.41, 5.74) is 7.30. The summed E-state index contributed by atoms with van der Waals surface area (Å²) < 4.78 is 5.66. The predicted molar refractivity (Wildman–Crippen MR) is 75.8 cm³/mol. The van der Waals surface area contributed by atoms with Gasteiger partial charge in [-0.15, -0.1) is 0 Å². The van der Waals surface area contributed by atoms with Crippen LogP contribution in [0.5, 0.6) is 5.75 Å². The number of aromatic nitrogens is 1. The SMILES string of the molecule is NCC#Cc1ccc(OCCc2ccccn2)cc1. The molecule has 2 aromatic rings. The summed E-state index contributed by atoms with van der Waals surface area (Å²) in [6, 6.07) is 13.6. The maximum absolute atomic E-state index is 5.66. The Labute approximate surface area is 113 Å². The second-order valence-corrected chi connectivity index (χ2v) is 3.95. The number of nitrogens with zero attached hydrogens (tertiary/aromatic N) is 1. The quantitative estimate of drug-likeness (QED) is 0.847. The fourth-order valence-corrected chi connectivity index (χ4v) is 1.61. The van der Waals surface area contributed by atoms with Gasteiger partial charge in [-0.05, 0) is 36.4 Å². The van der Waals surface area contributed by atoms with Gasteiger partial charge in [-0.3, -0.25) is 4.98 Å². The number of ether oxygens (including phenoxy) is 1. The topological polar surface area (TPSA) is 48.1 Å². The Morgan fingerprint density at radius 1 is 1.11 bits per heavy atom. The summed E-state index contributed by atoms with van der Waals surface area (Å²) in [6.07, 6.45) is 2.59. The largest absolute Gasteiger partial charge is 0.493 e. The molecule has 0 saturated heterocycles. The minimum absolute atomic E-state index is 0.377. The Kier molecular flexibility index (Phi) is 4.97. The maximum atomic E-state index is 5.66. The molecule has 19 heavy (non-hydrogen) atoms. The van der Waals surface area contributed by atoms with Gasteiger partial charge in [0.2, 0.25) is 0 Å². The van der Waals surface area contributed by atoms with E-state index in [4.69, 9.17) is 10.5 Å². The summed E-state index contributed by atoms with van der Waals surface area (Å²) in [5.74, 6) is 6.63. The van der Waals surface area contributed by atoms with Crippen molar-refractivity contribution in [3.8, 4) is 17.6 Å². The van der Waals surface area contributed by atoms with E-state index in [1.165, 1.54) is 0 Å². The molecule has 1 heterocycles. The highest BCUT2D eigenvalue weighted by Crippen LogP contribution is 2.11. The molecule has 0 saturated carbocycles. The summed E-state index contributed by atoms with van der Waals surface area (Å²) in [7, 11) is 0. The smallest absolute Gasteiger partial charge is 0.119 e. The van der Waals surface area contributed by atoms with Crippen LogP contribution in [0.3, 0.4) is 0 Å². The molecule has 3 heteroatoms. The van der Waals surface area contributed by atoms with E-state index in [1.54, 1.807) is 6.20 Å². The van der Waals surface area contributed by atoms with Crippen LogP contribution >= 0.6 is 0 Å². The highest BCUT2D eigenvalue weighted by atomic mass is 16.5. The molecule has 0 spiro atoms. The first-order valence-electron chi connectivity index (χ1n) is 6.20. The zero-order chi connectivity index (χ0) is 13.3. The van der Waals surface area contributed by atoms with Crippen molar-refractivity contribution in [1.29, 1.82) is 0 Å². The Hall–Kier alpha value is -2.31. The molecule has 0 amide bonds. The number of hydrogen-bond donors (Lipinski definition) is 1. The number of nitrogens with two attached hydrogens (primary N) is 1. The lowest BCUT2D eigenvalue weighted by Crippen LogP contribution is -2.02. The van der Waals surface area contributed by atoms with Crippen molar-refractivity contribution in [1.82, 2.24) is 4.98 Å². The molecular formula is C16H16N2O. The fraction of sp³-hybridized carbons (Fsp3) is 0.188. The highest BCUT2D eigenvalue weighted by molar-refractivity contribution is 5.38. The van der Waals surface area contributed by atoms with E-state index >= 15 is 0 Å². The van der Waals surface area contributed by atoms with Crippen molar-refractivity contribution >= 4 is 0 Å². The first kappa shape index (κ1) is 13.1. The van der Waals surface area contributed by atoms with Crippen LogP contribution < -0.4 is 10.5 Å². The normalized spacial score (nSPS) is 9.53. The van der Waals surface area contributed by atoms with Gasteiger partial charge in [-0.1, -0.05) is 17.9 Å². The molecule has 2 rings (SSSR count). The number of hydrogen-bond acceptors (Lipinski definition) is 3. The van der Waals surface area contributed by atoms with Gasteiger partial charge in [0.1, 0.15) is 5.75 Å². The van der Waals surface area contributed by atoms with Crippen LogP contribution in [0.2, 0.25) is 0 Å². The van der Waals surface area contributed by atoms with Gasteiger partial charge in [0.05, 0.1) is 13.2 Å². The van der Waals surface area contributed by atoms with Crippen LogP contribution in [0.1, 0.15) is 11.3 Å². The van der Waals surface area contributed by atoms with Gasteiger partial charge < -0.3 is 10.5 Å². The molecule has 0 aliphatic rings. The molecule has 0 bridgehead atoms. The van der Waals surface area contributed by atoms with Gasteiger partial charge in [0.25, 0.3) is 0 Å². The van der Waals surface area contributed by atoms with Crippen LogP contribution in [-0.2, 0) is 6.42 Å². The Morgan fingerprint density at radius 3 is 2.63 bits per heavy atom. The molecule has 2 N–H and O–H groups in total. The van der Waals surface area contributed by atoms with E-state index in [1.807, 2.05) is 42.5 Å². The molecule has 0 atom stereocenters. The molecule has 3 nitrogen and oxygen atoms in total. The van der Waals surface area contributed by atoms with Crippen molar-refractivity contribution in [3.63, 3.8) is 0 Å². The molecule has 1 aromatic heterocycles. The van der Waals surface area contributed by atoms with Crippen LogP contribution in [0, 0.1) is 11.8 Å². The van der Waals surface area contributed by atoms with Gasteiger partial charge >= 0.3 is 0 Å². The molecule has 0 unspecified atom stereocenters. The first-order valence-corrected chi connectivity index (χ1v) is 6.20. The molecular weight excluding hydrogens is 236 g/mol. The van der Waals surface area contributed by atoms with E-state index in [2.05, 4.69) is 16.8 Å². The van der Waals surface area contributed by atoms with Crippen LogP contribution in [0.25, 0.3) is 0 Å². The fourth-order valence-electron chi connectivity index (χ4n) is 1.61. The molecule has 0 aliphatic carbocycles. The van der Waals surface area contributed by atoms with Gasteiger partial charge in [0.15, 0.2) is 0 Å². The van der Waals surface area contributed by atoms with Crippen LogP contribution in [0.4, 0.5) is 0 Å². The van der Waals surface area contributed by atoms with Crippen molar-refractivity contribution in [2.24, 2.45) is 5.73 Å². The van der Waals surface area contributed by atoms with E-state index in [9.17, 15) is 0 Å². The Morgan fingerprint density at radius 2 is 1.95 bits per heavy atom. The first-order chi connectivity index (χ1) is 9.38. The van der Waals surface area contributed by atoms with E-state index in [0.29, 0.717) is 13.2 Å². The van der Waals surface area contributed by atoms with Gasteiger partial charge in [0, 0.05) is 23.9 Å². The van der Waals surface area contributed by atoms with Crippen LogP contribution in [-0.4, -0.2) is 18.1 Å². The standard InChI is InChI=1S/C16H16N2O/c17-11-3-4-14-6-8-16(9-7-14)19-13-10-15-5-1-2-12-18-15/h1-2,5-9,12H,10-11,13,17H2. The monoisotopic (exact) mass is 252 g/mol. The minimum Gasteiger partial charge on any atom is -0.493 e. The second kappa shape index (κ2) is 7.20. The zero-order valence-corrected chi connectivity index (χ0v) is 10.7. The van der Waals surface area contributed by atoms with E-state index in [-0.39, 0.29) is 0 Å². The average Bonchev–Trinajstić information content (AvgIpc) is 2.47. The third kappa shape index (κ3) is 4.46. The lowest BCUT2D eigenvalue weighted by molar-refractivity contribution is 0.320. The molecule has 0 aliphatic heterocycles. The molecule has 1 aromatic carbocycles. The summed E-state index contributed by atoms with van der Waals surface area (Å²) >= 11 is 0. The van der Waals surface area contributed by atoms with Crippen molar-refractivity contribution < 1.29 is 4.74 Å². The maximum Gasteiger partial charge on any atom is 0.119 e. The summed E-state index contributed by atoms with van der Waals surface area (Å²) in [6.45, 7) is 0.993. The lowest BCUT2D eigenvalue weighted by Gasteiger charge is -2.05. The van der Waals surface area contributed by atoms with Crippen molar-refractivity contribution in [2.75, 3.05) is 13.2 Å². The average molecular weight is 252 g/mol. The molecule has 0 radical (unpaired) electrons. The van der Waals surface area contributed by atoms with Crippen molar-refractivity contribution in [3.05, 3.63) is 59.9 Å². The van der Waals surface area contributed by atoms with Crippen molar-refractivity contribution in [2.45, 2.75) is 6.42 Å². The van der Waals surface area contributed by atoms with Gasteiger partial charge in [-0.2, -0.15) is 0 Å². The van der Waals surface area contributed by atoms with Crippen LogP contribution in [0.15, 0.2) is 48.7 Å². The number of benzene rings is 1. The highest BCUT2D eigenvalue weighted by Gasteiger charge is 1.96. The predicted octanol–water partition coefficient (Wildman–Crippen LogP) is 2.01. The van der Waals surface area contributed by atoms with E-state index in [0.717, 1.165) is 23.4 Å². The third-order valence-corrected chi connectivity index (χ3v) is 2.54. The number of rotatable bonds is 4. The van der Waals surface area contributed by atoms with E-state index < -0.39 is 0 Å². The Balaban J connectivity index is 1.83. The molecule has 96 valence electrons. The zero-order valence-electron chi connectivity index (χ0n) is 10.7. The number of pyridine rings is 1. The third-order valence-electron chi connectivity index (χ3n) is 2.54. The summed E-state index contributed by atoms with van der Waals surface area (Å²) in [4.78, 5) is 4.25. The minimum atomic E-state index is 0.377.